The van der Waals surface area contributed by atoms with Crippen LogP contribution >= 0.6 is 11.6 Å². The Bertz CT molecular complexity index is 415. The van der Waals surface area contributed by atoms with Crippen LogP contribution in [0.3, 0.4) is 0 Å². The van der Waals surface area contributed by atoms with Crippen molar-refractivity contribution < 1.29 is 4.79 Å². The van der Waals surface area contributed by atoms with E-state index in [1.807, 2.05) is 38.1 Å². The highest BCUT2D eigenvalue weighted by Crippen LogP contribution is 2.22. The Morgan fingerprint density at radius 1 is 1.37 bits per heavy atom. The van der Waals surface area contributed by atoms with E-state index in [9.17, 15) is 4.79 Å². The third kappa shape index (κ3) is 4.84. The van der Waals surface area contributed by atoms with Crippen LogP contribution in [0.1, 0.15) is 45.2 Å². The van der Waals surface area contributed by atoms with Crippen LogP contribution in [0, 0.1) is 5.41 Å². The van der Waals surface area contributed by atoms with E-state index in [0.717, 1.165) is 17.9 Å². The lowest BCUT2D eigenvalue weighted by Gasteiger charge is -2.26. The molecule has 1 unspecified atom stereocenters. The van der Waals surface area contributed by atoms with Crippen LogP contribution in [0.2, 0.25) is 5.02 Å². The van der Waals surface area contributed by atoms with Gasteiger partial charge in [0.05, 0.1) is 5.41 Å². The van der Waals surface area contributed by atoms with Crippen molar-refractivity contribution in [1.29, 1.82) is 0 Å². The Kier molecular flexibility index (Phi) is 5.83. The minimum Gasteiger partial charge on any atom is -0.369 e. The molecule has 1 aromatic rings. The minimum absolute atomic E-state index is 0.223. The summed E-state index contributed by atoms with van der Waals surface area (Å²) < 4.78 is 0. The van der Waals surface area contributed by atoms with Gasteiger partial charge in [0.15, 0.2) is 0 Å². The molecule has 0 fully saturated rings. The summed E-state index contributed by atoms with van der Waals surface area (Å²) in [5.74, 6) is -0.286. The van der Waals surface area contributed by atoms with E-state index < -0.39 is 5.41 Å². The number of hydrogen-bond donors (Lipinski definition) is 2. The molecule has 0 heterocycles. The lowest BCUT2D eigenvalue weighted by Crippen LogP contribution is -2.41. The van der Waals surface area contributed by atoms with Crippen molar-refractivity contribution >= 4 is 17.5 Å². The number of benzene rings is 1. The predicted octanol–water partition coefficient (Wildman–Crippen LogP) is 3.28. The van der Waals surface area contributed by atoms with Crippen LogP contribution in [0.25, 0.3) is 0 Å². The van der Waals surface area contributed by atoms with Crippen molar-refractivity contribution in [2.45, 2.75) is 39.7 Å². The van der Waals surface area contributed by atoms with Gasteiger partial charge in [0, 0.05) is 17.6 Å². The van der Waals surface area contributed by atoms with Gasteiger partial charge in [-0.05, 0) is 38.0 Å². The second kappa shape index (κ2) is 6.92. The van der Waals surface area contributed by atoms with Gasteiger partial charge in [-0.3, -0.25) is 4.79 Å². The predicted molar refractivity (Wildman–Crippen MR) is 80.1 cm³/mol. The average Bonchev–Trinajstić information content (AvgIpc) is 2.35. The number of nitrogens with one attached hydrogen (secondary N) is 1. The smallest absolute Gasteiger partial charge is 0.224 e. The summed E-state index contributed by atoms with van der Waals surface area (Å²) in [6.07, 6.45) is 2.08. The Hall–Kier alpha value is -1.06. The van der Waals surface area contributed by atoms with Crippen molar-refractivity contribution in [2.75, 3.05) is 6.54 Å². The Morgan fingerprint density at radius 3 is 2.42 bits per heavy atom. The summed E-state index contributed by atoms with van der Waals surface area (Å²) in [6, 6.07) is 8.04. The molecule has 3 N–H and O–H groups in total. The van der Waals surface area contributed by atoms with E-state index in [1.54, 1.807) is 0 Å². The maximum Gasteiger partial charge on any atom is 0.224 e. The number of hydrogen-bond acceptors (Lipinski definition) is 2. The summed E-state index contributed by atoms with van der Waals surface area (Å²) >= 11 is 5.90. The van der Waals surface area contributed by atoms with Crippen molar-refractivity contribution in [3.05, 3.63) is 34.9 Å². The maximum atomic E-state index is 11.3. The van der Waals surface area contributed by atoms with Crippen molar-refractivity contribution in [3.8, 4) is 0 Å². The molecule has 0 radical (unpaired) electrons. The second-order valence-corrected chi connectivity index (χ2v) is 5.96. The first-order valence-electron chi connectivity index (χ1n) is 6.65. The molecule has 19 heavy (non-hydrogen) atoms. The lowest BCUT2D eigenvalue weighted by atomic mass is 9.91. The van der Waals surface area contributed by atoms with Gasteiger partial charge >= 0.3 is 0 Å². The largest absolute Gasteiger partial charge is 0.369 e. The lowest BCUT2D eigenvalue weighted by molar-refractivity contribution is -0.125. The highest BCUT2D eigenvalue weighted by atomic mass is 35.5. The van der Waals surface area contributed by atoms with Crippen molar-refractivity contribution in [1.82, 2.24) is 5.32 Å². The zero-order chi connectivity index (χ0) is 14.5. The number of carbonyl (C=O) groups is 1. The monoisotopic (exact) mass is 282 g/mol. The SMILES string of the molecule is CCCC(NCC(C)(C)C(N)=O)c1ccc(Cl)cc1. The molecule has 1 aromatic carbocycles. The highest BCUT2D eigenvalue weighted by Gasteiger charge is 2.25. The topological polar surface area (TPSA) is 55.1 Å². The van der Waals surface area contributed by atoms with Crippen LogP contribution in [0.5, 0.6) is 0 Å². The quantitative estimate of drug-likeness (QED) is 0.806. The molecule has 1 rings (SSSR count). The molecule has 0 aliphatic rings. The van der Waals surface area contributed by atoms with Crippen LogP contribution in [-0.2, 0) is 4.79 Å². The van der Waals surface area contributed by atoms with E-state index in [1.165, 1.54) is 5.56 Å². The molecule has 0 saturated heterocycles. The molecular formula is C15H23ClN2O. The van der Waals surface area contributed by atoms with Gasteiger partial charge in [-0.25, -0.2) is 0 Å². The van der Waals surface area contributed by atoms with Gasteiger partial charge in [0.2, 0.25) is 5.91 Å². The third-order valence-corrected chi connectivity index (χ3v) is 3.56. The van der Waals surface area contributed by atoms with Crippen molar-refractivity contribution in [2.24, 2.45) is 11.1 Å². The molecule has 0 aliphatic carbocycles. The fraction of sp³-hybridized carbons (Fsp3) is 0.533. The third-order valence-electron chi connectivity index (χ3n) is 3.31. The first-order chi connectivity index (χ1) is 8.86. The van der Waals surface area contributed by atoms with E-state index in [2.05, 4.69) is 12.2 Å². The summed E-state index contributed by atoms with van der Waals surface area (Å²) in [6.45, 7) is 6.42. The Balaban J connectivity index is 2.73. The summed E-state index contributed by atoms with van der Waals surface area (Å²) in [7, 11) is 0. The maximum absolute atomic E-state index is 11.3. The molecule has 0 saturated carbocycles. The molecule has 4 heteroatoms. The van der Waals surface area contributed by atoms with Gasteiger partial charge in [-0.1, -0.05) is 37.1 Å². The number of carbonyl (C=O) groups excluding carboxylic acids is 1. The van der Waals surface area contributed by atoms with Gasteiger partial charge in [-0.2, -0.15) is 0 Å². The molecule has 0 aromatic heterocycles. The molecule has 0 spiro atoms. The van der Waals surface area contributed by atoms with Gasteiger partial charge < -0.3 is 11.1 Å². The second-order valence-electron chi connectivity index (χ2n) is 5.52. The number of halogens is 1. The fourth-order valence-electron chi connectivity index (χ4n) is 1.84. The number of amides is 1. The number of nitrogens with two attached hydrogens (primary N) is 1. The molecule has 0 aliphatic heterocycles. The minimum atomic E-state index is -0.543. The Labute approximate surface area is 120 Å². The van der Waals surface area contributed by atoms with E-state index in [4.69, 9.17) is 17.3 Å². The van der Waals surface area contributed by atoms with Crippen LogP contribution in [0.15, 0.2) is 24.3 Å². The number of primary amides is 1. The Morgan fingerprint density at radius 2 is 1.95 bits per heavy atom. The summed E-state index contributed by atoms with van der Waals surface area (Å²) in [4.78, 5) is 11.3. The fourth-order valence-corrected chi connectivity index (χ4v) is 1.96. The summed E-state index contributed by atoms with van der Waals surface area (Å²) in [5.41, 5.74) is 6.04. The molecule has 3 nitrogen and oxygen atoms in total. The van der Waals surface area contributed by atoms with Gasteiger partial charge in [0.25, 0.3) is 0 Å². The molecule has 1 amide bonds. The molecule has 106 valence electrons. The molecule has 0 bridgehead atoms. The van der Waals surface area contributed by atoms with E-state index in [0.29, 0.717) is 6.54 Å². The van der Waals surface area contributed by atoms with Crippen molar-refractivity contribution in [3.63, 3.8) is 0 Å². The standard InChI is InChI=1S/C15H23ClN2O/c1-4-5-13(11-6-8-12(16)9-7-11)18-10-15(2,3)14(17)19/h6-9,13,18H,4-5,10H2,1-3H3,(H2,17,19). The van der Waals surface area contributed by atoms with Gasteiger partial charge in [-0.15, -0.1) is 0 Å². The highest BCUT2D eigenvalue weighted by molar-refractivity contribution is 6.30. The normalized spacial score (nSPS) is 13.3. The van der Waals surface area contributed by atoms with E-state index >= 15 is 0 Å². The zero-order valence-electron chi connectivity index (χ0n) is 11.9. The first kappa shape index (κ1) is 16.0. The van der Waals surface area contributed by atoms with Gasteiger partial charge in [0.1, 0.15) is 0 Å². The first-order valence-corrected chi connectivity index (χ1v) is 7.03. The van der Waals surface area contributed by atoms with E-state index in [-0.39, 0.29) is 11.9 Å². The summed E-state index contributed by atoms with van der Waals surface area (Å²) in [5, 5.41) is 4.17. The average molecular weight is 283 g/mol. The number of rotatable bonds is 7. The van der Waals surface area contributed by atoms with Crippen LogP contribution < -0.4 is 11.1 Å². The molecular weight excluding hydrogens is 260 g/mol. The van der Waals surface area contributed by atoms with Crippen LogP contribution in [0.4, 0.5) is 0 Å². The molecule has 1 atom stereocenters. The zero-order valence-corrected chi connectivity index (χ0v) is 12.6. The van der Waals surface area contributed by atoms with Crippen LogP contribution in [-0.4, -0.2) is 12.5 Å².